The Kier molecular flexibility index (Phi) is 4.02. The van der Waals surface area contributed by atoms with E-state index in [0.29, 0.717) is 21.6 Å². The van der Waals surface area contributed by atoms with Crippen molar-refractivity contribution < 1.29 is 18.9 Å². The number of carbonyl (C=O) groups excluding carboxylic acids is 2. The smallest absolute Gasteiger partial charge is 0.270 e. The fourth-order valence-corrected chi connectivity index (χ4v) is 5.06. The number of non-ortho nitro benzene ring substituents is 1. The summed E-state index contributed by atoms with van der Waals surface area (Å²) in [4.78, 5) is 35.7. The molecule has 5 rings (SSSR count). The van der Waals surface area contributed by atoms with Gasteiger partial charge in [-0.15, -0.1) is 0 Å². The van der Waals surface area contributed by atoms with E-state index in [-0.39, 0.29) is 41.2 Å². The first-order valence-corrected chi connectivity index (χ1v) is 9.87. The number of allylic oxidation sites excluding steroid dienone is 2. The van der Waals surface area contributed by atoms with E-state index in [4.69, 9.17) is 4.42 Å². The molecule has 29 heavy (non-hydrogen) atoms. The minimum absolute atomic E-state index is 0.0333. The van der Waals surface area contributed by atoms with Crippen LogP contribution in [0.25, 0.3) is 11.3 Å². The molecule has 9 heteroatoms. The number of benzene rings is 1. The van der Waals surface area contributed by atoms with E-state index >= 15 is 0 Å². The third-order valence-electron chi connectivity index (χ3n) is 5.80. The van der Waals surface area contributed by atoms with Crippen LogP contribution in [-0.2, 0) is 9.59 Å². The van der Waals surface area contributed by atoms with Crippen LogP contribution in [0.15, 0.2) is 56.5 Å². The third kappa shape index (κ3) is 2.76. The molecular formula is C20H14BrN3O5. The van der Waals surface area contributed by atoms with E-state index in [0.717, 1.165) is 11.4 Å². The highest BCUT2D eigenvalue weighted by Gasteiger charge is 2.59. The molecule has 1 saturated heterocycles. The first-order chi connectivity index (χ1) is 13.9. The van der Waals surface area contributed by atoms with Crippen molar-refractivity contribution >= 4 is 39.6 Å². The molecule has 2 bridgehead atoms. The molecule has 146 valence electrons. The maximum absolute atomic E-state index is 12.6. The Morgan fingerprint density at radius 3 is 2.45 bits per heavy atom. The zero-order valence-corrected chi connectivity index (χ0v) is 16.5. The summed E-state index contributed by atoms with van der Waals surface area (Å²) in [5.74, 6) is 0.0230. The van der Waals surface area contributed by atoms with Gasteiger partial charge in [-0.2, -0.15) is 10.1 Å². The van der Waals surface area contributed by atoms with E-state index in [1.54, 1.807) is 18.2 Å². The molecule has 0 unspecified atom stereocenters. The molecule has 0 N–H and O–H groups in total. The Labute approximate surface area is 173 Å². The third-order valence-corrected chi connectivity index (χ3v) is 6.46. The fraction of sp³-hybridized carbons (Fsp3) is 0.250. The molecule has 2 amide bonds. The van der Waals surface area contributed by atoms with Gasteiger partial charge in [-0.1, -0.05) is 12.2 Å². The van der Waals surface area contributed by atoms with Crippen LogP contribution in [0.5, 0.6) is 0 Å². The van der Waals surface area contributed by atoms with Crippen LogP contribution in [0, 0.1) is 33.8 Å². The number of imide groups is 1. The van der Waals surface area contributed by atoms with Gasteiger partial charge in [0.2, 0.25) is 0 Å². The first kappa shape index (κ1) is 18.0. The van der Waals surface area contributed by atoms with Crippen LogP contribution in [0.4, 0.5) is 5.69 Å². The second-order valence-electron chi connectivity index (χ2n) is 7.36. The molecule has 1 aromatic carbocycles. The second-order valence-corrected chi connectivity index (χ2v) is 8.21. The molecule has 2 fully saturated rings. The Bertz CT molecular complexity index is 1090. The topological polar surface area (TPSA) is 106 Å². The molecule has 0 spiro atoms. The van der Waals surface area contributed by atoms with Crippen molar-refractivity contribution in [2.24, 2.45) is 28.8 Å². The summed E-state index contributed by atoms with van der Waals surface area (Å²) in [5, 5.41) is 15.9. The average molecular weight is 456 g/mol. The Morgan fingerprint density at radius 2 is 1.83 bits per heavy atom. The predicted molar refractivity (Wildman–Crippen MR) is 106 cm³/mol. The number of fused-ring (bicyclic) bond motifs is 5. The number of hydrogen-bond acceptors (Lipinski definition) is 6. The summed E-state index contributed by atoms with van der Waals surface area (Å²) in [6.07, 6.45) is 6.28. The standard InChI is InChI=1S/C20H14BrN3O5/c21-15-8-12(24(27)28)3-5-14(15)16-6-4-13(29-16)9-22-23-19(25)17-10-1-2-11(7-10)18(17)20(23)26/h1-6,8-11,17-18H,7H2/b22-9-/t10-,11-,17-,18+/m0/s1. The number of nitrogens with zero attached hydrogens (tertiary/aromatic N) is 3. The van der Waals surface area contributed by atoms with Gasteiger partial charge in [0.05, 0.1) is 23.0 Å². The summed E-state index contributed by atoms with van der Waals surface area (Å²) in [6, 6.07) is 7.72. The largest absolute Gasteiger partial charge is 0.455 e. The van der Waals surface area contributed by atoms with Crippen molar-refractivity contribution in [3.63, 3.8) is 0 Å². The number of amides is 2. The zero-order valence-electron chi connectivity index (χ0n) is 14.9. The van der Waals surface area contributed by atoms with Gasteiger partial charge < -0.3 is 4.42 Å². The quantitative estimate of drug-likeness (QED) is 0.229. The van der Waals surface area contributed by atoms with Gasteiger partial charge >= 0.3 is 0 Å². The first-order valence-electron chi connectivity index (χ1n) is 9.08. The SMILES string of the molecule is O=C1[C@@H]2[C@H](C(=O)N1/N=C\c1ccc(-c3ccc([N+](=O)[O-])cc3Br)o1)[C@H]1C=C[C@H]2C1. The number of hydrogen-bond donors (Lipinski definition) is 0. The van der Waals surface area contributed by atoms with Crippen LogP contribution in [0.3, 0.4) is 0 Å². The average Bonchev–Trinajstić information content (AvgIpc) is 3.46. The molecule has 0 radical (unpaired) electrons. The van der Waals surface area contributed by atoms with Crippen molar-refractivity contribution in [3.05, 3.63) is 62.8 Å². The lowest BCUT2D eigenvalue weighted by atomic mass is 9.85. The Morgan fingerprint density at radius 1 is 1.14 bits per heavy atom. The zero-order chi connectivity index (χ0) is 20.3. The van der Waals surface area contributed by atoms with Crippen molar-refractivity contribution in [2.45, 2.75) is 6.42 Å². The van der Waals surface area contributed by atoms with E-state index in [9.17, 15) is 19.7 Å². The van der Waals surface area contributed by atoms with Gasteiger partial charge in [0.15, 0.2) is 0 Å². The van der Waals surface area contributed by atoms with Gasteiger partial charge in [-0.25, -0.2) is 0 Å². The van der Waals surface area contributed by atoms with Crippen LogP contribution < -0.4 is 0 Å². The highest BCUT2D eigenvalue weighted by atomic mass is 79.9. The molecule has 4 atom stereocenters. The van der Waals surface area contributed by atoms with Gasteiger partial charge in [0.1, 0.15) is 11.5 Å². The van der Waals surface area contributed by atoms with E-state index in [2.05, 4.69) is 21.0 Å². The summed E-state index contributed by atoms with van der Waals surface area (Å²) >= 11 is 3.31. The number of nitro benzene ring substituents is 1. The van der Waals surface area contributed by atoms with Gasteiger partial charge in [-0.05, 0) is 52.4 Å². The Hall–Kier alpha value is -3.07. The normalized spacial score (nSPS) is 27.4. The lowest BCUT2D eigenvalue weighted by Gasteiger charge is -2.13. The van der Waals surface area contributed by atoms with Crippen LogP contribution in [-0.4, -0.2) is 28.0 Å². The molecule has 2 aliphatic carbocycles. The van der Waals surface area contributed by atoms with E-state index in [1.165, 1.54) is 18.3 Å². The van der Waals surface area contributed by atoms with Crippen molar-refractivity contribution in [3.8, 4) is 11.3 Å². The van der Waals surface area contributed by atoms with Crippen LogP contribution in [0.1, 0.15) is 12.2 Å². The summed E-state index contributed by atoms with van der Waals surface area (Å²) in [5.41, 5.74) is 0.606. The number of nitro groups is 1. The summed E-state index contributed by atoms with van der Waals surface area (Å²) in [7, 11) is 0. The maximum atomic E-state index is 12.6. The number of rotatable bonds is 4. The lowest BCUT2D eigenvalue weighted by Crippen LogP contribution is -2.28. The number of halogens is 1. The monoisotopic (exact) mass is 455 g/mol. The minimum atomic E-state index is -0.476. The van der Waals surface area contributed by atoms with Gasteiger partial charge in [-0.3, -0.25) is 19.7 Å². The predicted octanol–water partition coefficient (Wildman–Crippen LogP) is 3.76. The fourth-order valence-electron chi connectivity index (χ4n) is 4.50. The maximum Gasteiger partial charge on any atom is 0.270 e. The Balaban J connectivity index is 1.36. The highest BCUT2D eigenvalue weighted by Crippen LogP contribution is 2.52. The molecule has 2 heterocycles. The summed E-state index contributed by atoms with van der Waals surface area (Å²) < 4.78 is 6.24. The number of hydrazone groups is 1. The van der Waals surface area contributed by atoms with E-state index in [1.807, 2.05) is 12.2 Å². The molecule has 1 aliphatic heterocycles. The highest BCUT2D eigenvalue weighted by molar-refractivity contribution is 9.10. The van der Waals surface area contributed by atoms with Crippen molar-refractivity contribution in [1.29, 1.82) is 0 Å². The van der Waals surface area contributed by atoms with Crippen LogP contribution >= 0.6 is 15.9 Å². The van der Waals surface area contributed by atoms with Gasteiger partial charge in [0, 0.05) is 22.2 Å². The number of furan rings is 1. The van der Waals surface area contributed by atoms with E-state index < -0.39 is 4.92 Å². The lowest BCUT2D eigenvalue weighted by molar-refractivity contribution is -0.384. The molecule has 2 aromatic rings. The van der Waals surface area contributed by atoms with Gasteiger partial charge in [0.25, 0.3) is 17.5 Å². The minimum Gasteiger partial charge on any atom is -0.455 e. The molecule has 1 aromatic heterocycles. The molecule has 1 saturated carbocycles. The van der Waals surface area contributed by atoms with Crippen LogP contribution in [0.2, 0.25) is 0 Å². The van der Waals surface area contributed by atoms with Crippen molar-refractivity contribution in [2.75, 3.05) is 0 Å². The number of carbonyl (C=O) groups is 2. The molecule has 8 nitrogen and oxygen atoms in total. The molecular weight excluding hydrogens is 442 g/mol. The molecule has 3 aliphatic rings. The van der Waals surface area contributed by atoms with Crippen molar-refractivity contribution in [1.82, 2.24) is 5.01 Å². The second kappa shape index (κ2) is 6.48. The summed E-state index contributed by atoms with van der Waals surface area (Å²) in [6.45, 7) is 0.